The third kappa shape index (κ3) is 3.06. The summed E-state index contributed by atoms with van der Waals surface area (Å²) in [5.41, 5.74) is 2.02. The Balaban J connectivity index is 1.59. The number of fused-ring (bicyclic) bond motifs is 2. The van der Waals surface area contributed by atoms with Crippen LogP contribution in [0.25, 0.3) is 0 Å². The molecule has 0 aromatic heterocycles. The van der Waals surface area contributed by atoms with Gasteiger partial charge in [-0.25, -0.2) is 0 Å². The van der Waals surface area contributed by atoms with Crippen LogP contribution in [-0.2, 0) is 0 Å². The van der Waals surface area contributed by atoms with Gasteiger partial charge in [-0.05, 0) is 57.8 Å². The Morgan fingerprint density at radius 2 is 1.86 bits per heavy atom. The molecule has 0 radical (unpaired) electrons. The van der Waals surface area contributed by atoms with E-state index in [0.717, 1.165) is 23.3 Å². The Hall–Kier alpha value is -1.15. The number of hydrogen-bond donors (Lipinski definition) is 1. The summed E-state index contributed by atoms with van der Waals surface area (Å²) in [5.74, 6) is 2.86. The van der Waals surface area contributed by atoms with Crippen LogP contribution in [0, 0.1) is 24.7 Å². The maximum Gasteiger partial charge on any atom is 0.179 e. The van der Waals surface area contributed by atoms with Crippen molar-refractivity contribution in [2.75, 3.05) is 0 Å². The highest BCUT2D eigenvalue weighted by Gasteiger charge is 2.42. The van der Waals surface area contributed by atoms with E-state index < -0.39 is 0 Å². The number of hydrogen-bond acceptors (Lipinski definition) is 2. The molecule has 21 heavy (non-hydrogen) atoms. The molecule has 0 spiro atoms. The number of carbonyl (C=O) groups is 1. The molecule has 3 rings (SSSR count). The summed E-state index contributed by atoms with van der Waals surface area (Å²) >= 11 is 0. The standard InChI is InChI=1S/C19H27NO/c1-12-4-7-16(8-5-12)19(21)14(3)20-13(2)18-11-15-6-9-17(18)10-15/h4-5,7-8,13-15,17-18,20H,6,9-11H2,1-3H3. The molecule has 114 valence electrons. The molecule has 0 aliphatic heterocycles. The average molecular weight is 285 g/mol. The largest absolute Gasteiger partial charge is 0.305 e. The lowest BCUT2D eigenvalue weighted by Crippen LogP contribution is -2.44. The first kappa shape index (κ1) is 14.8. The van der Waals surface area contributed by atoms with Gasteiger partial charge in [-0.2, -0.15) is 0 Å². The Bertz CT molecular complexity index is 507. The van der Waals surface area contributed by atoms with Gasteiger partial charge in [-0.1, -0.05) is 36.2 Å². The van der Waals surface area contributed by atoms with Gasteiger partial charge < -0.3 is 5.32 Å². The number of Topliss-reactive ketones (excluding diaryl/α,β-unsaturated/α-hetero) is 1. The smallest absolute Gasteiger partial charge is 0.179 e. The number of nitrogens with one attached hydrogen (secondary N) is 1. The molecule has 0 amide bonds. The fraction of sp³-hybridized carbons (Fsp3) is 0.632. The molecule has 1 aromatic rings. The van der Waals surface area contributed by atoms with Crippen molar-refractivity contribution in [3.63, 3.8) is 0 Å². The number of rotatable bonds is 5. The molecule has 2 saturated carbocycles. The second-order valence-electron chi connectivity index (χ2n) is 7.25. The van der Waals surface area contributed by atoms with Crippen molar-refractivity contribution in [1.29, 1.82) is 0 Å². The quantitative estimate of drug-likeness (QED) is 0.829. The minimum absolute atomic E-state index is 0.0955. The Morgan fingerprint density at radius 3 is 2.43 bits per heavy atom. The summed E-state index contributed by atoms with van der Waals surface area (Å²) in [6.45, 7) is 6.32. The van der Waals surface area contributed by atoms with Gasteiger partial charge in [0.05, 0.1) is 6.04 Å². The topological polar surface area (TPSA) is 29.1 Å². The zero-order chi connectivity index (χ0) is 15.0. The molecule has 0 heterocycles. The monoisotopic (exact) mass is 285 g/mol. The van der Waals surface area contributed by atoms with Crippen molar-refractivity contribution in [2.45, 2.75) is 58.5 Å². The highest BCUT2D eigenvalue weighted by Crippen LogP contribution is 2.49. The molecule has 2 aliphatic rings. The number of ketones is 1. The average Bonchev–Trinajstić information content (AvgIpc) is 3.10. The molecule has 0 saturated heterocycles. The Kier molecular flexibility index (Phi) is 4.17. The van der Waals surface area contributed by atoms with E-state index in [4.69, 9.17) is 0 Å². The molecular formula is C19H27NO. The second kappa shape index (κ2) is 5.92. The molecule has 5 atom stereocenters. The van der Waals surface area contributed by atoms with Crippen LogP contribution in [0.4, 0.5) is 0 Å². The first-order valence-corrected chi connectivity index (χ1v) is 8.41. The number of carbonyl (C=O) groups excluding carboxylic acids is 1. The van der Waals surface area contributed by atoms with Crippen LogP contribution in [0.15, 0.2) is 24.3 Å². The van der Waals surface area contributed by atoms with Crippen LogP contribution in [-0.4, -0.2) is 17.9 Å². The third-order valence-electron chi connectivity index (χ3n) is 5.68. The van der Waals surface area contributed by atoms with Gasteiger partial charge in [0.2, 0.25) is 0 Å². The molecule has 2 aliphatic carbocycles. The highest BCUT2D eigenvalue weighted by atomic mass is 16.1. The Labute approximate surface area is 128 Å². The highest BCUT2D eigenvalue weighted by molar-refractivity contribution is 5.99. The maximum atomic E-state index is 12.5. The predicted molar refractivity (Wildman–Crippen MR) is 86.5 cm³/mol. The van der Waals surface area contributed by atoms with Crippen LogP contribution in [0.3, 0.4) is 0 Å². The summed E-state index contributed by atoms with van der Waals surface area (Å²) in [4.78, 5) is 12.5. The van der Waals surface area contributed by atoms with Gasteiger partial charge in [-0.15, -0.1) is 0 Å². The van der Waals surface area contributed by atoms with Crippen molar-refractivity contribution in [3.8, 4) is 0 Å². The molecule has 1 aromatic carbocycles. The van der Waals surface area contributed by atoms with Crippen LogP contribution < -0.4 is 5.32 Å². The fourth-order valence-corrected chi connectivity index (χ4v) is 4.47. The maximum absolute atomic E-state index is 12.5. The zero-order valence-electron chi connectivity index (χ0n) is 13.4. The van der Waals surface area contributed by atoms with Gasteiger partial charge in [0.1, 0.15) is 0 Å². The van der Waals surface area contributed by atoms with E-state index in [-0.39, 0.29) is 11.8 Å². The molecule has 2 nitrogen and oxygen atoms in total. The normalized spacial score (nSPS) is 30.3. The van der Waals surface area contributed by atoms with Gasteiger partial charge in [0.15, 0.2) is 5.78 Å². The van der Waals surface area contributed by atoms with Crippen LogP contribution >= 0.6 is 0 Å². The van der Waals surface area contributed by atoms with E-state index in [1.807, 2.05) is 38.1 Å². The predicted octanol–water partition coefficient (Wildman–Crippen LogP) is 3.98. The van der Waals surface area contributed by atoms with E-state index in [2.05, 4.69) is 12.2 Å². The van der Waals surface area contributed by atoms with Crippen molar-refractivity contribution in [3.05, 3.63) is 35.4 Å². The summed E-state index contributed by atoms with van der Waals surface area (Å²) in [7, 11) is 0. The first-order chi connectivity index (χ1) is 10.0. The van der Waals surface area contributed by atoms with E-state index in [1.165, 1.54) is 31.2 Å². The summed E-state index contributed by atoms with van der Waals surface area (Å²) in [5, 5.41) is 3.57. The fourth-order valence-electron chi connectivity index (χ4n) is 4.47. The molecule has 1 N–H and O–H groups in total. The summed E-state index contributed by atoms with van der Waals surface area (Å²) < 4.78 is 0. The van der Waals surface area contributed by atoms with Gasteiger partial charge in [0, 0.05) is 11.6 Å². The third-order valence-corrected chi connectivity index (χ3v) is 5.68. The second-order valence-corrected chi connectivity index (χ2v) is 7.25. The molecule has 2 heteroatoms. The zero-order valence-corrected chi connectivity index (χ0v) is 13.4. The van der Waals surface area contributed by atoms with Crippen LogP contribution in [0.5, 0.6) is 0 Å². The minimum Gasteiger partial charge on any atom is -0.305 e. The van der Waals surface area contributed by atoms with E-state index >= 15 is 0 Å². The van der Waals surface area contributed by atoms with Crippen molar-refractivity contribution in [1.82, 2.24) is 5.32 Å². The summed E-state index contributed by atoms with van der Waals surface area (Å²) in [6.07, 6.45) is 5.63. The number of benzene rings is 1. The lowest BCUT2D eigenvalue weighted by molar-refractivity contribution is 0.0934. The molecule has 5 unspecified atom stereocenters. The van der Waals surface area contributed by atoms with E-state index in [0.29, 0.717) is 6.04 Å². The molecular weight excluding hydrogens is 258 g/mol. The van der Waals surface area contributed by atoms with E-state index in [9.17, 15) is 4.79 Å². The van der Waals surface area contributed by atoms with Gasteiger partial charge in [-0.3, -0.25) is 4.79 Å². The van der Waals surface area contributed by atoms with Crippen LogP contribution in [0.1, 0.15) is 55.5 Å². The molecule has 2 fully saturated rings. The van der Waals surface area contributed by atoms with Crippen LogP contribution in [0.2, 0.25) is 0 Å². The van der Waals surface area contributed by atoms with Crippen molar-refractivity contribution >= 4 is 5.78 Å². The van der Waals surface area contributed by atoms with E-state index in [1.54, 1.807) is 0 Å². The molecule has 2 bridgehead atoms. The summed E-state index contributed by atoms with van der Waals surface area (Å²) in [6, 6.07) is 8.26. The van der Waals surface area contributed by atoms with Crippen molar-refractivity contribution in [2.24, 2.45) is 17.8 Å². The van der Waals surface area contributed by atoms with Gasteiger partial charge >= 0.3 is 0 Å². The number of aryl methyl sites for hydroxylation is 1. The Morgan fingerprint density at radius 1 is 1.14 bits per heavy atom. The lowest BCUT2D eigenvalue weighted by Gasteiger charge is -2.30. The first-order valence-electron chi connectivity index (χ1n) is 8.41. The SMILES string of the molecule is Cc1ccc(C(=O)C(C)NC(C)C2CC3CCC2C3)cc1. The lowest BCUT2D eigenvalue weighted by atomic mass is 9.83. The van der Waals surface area contributed by atoms with Gasteiger partial charge in [0.25, 0.3) is 0 Å². The minimum atomic E-state index is -0.0955. The van der Waals surface area contributed by atoms with Crippen molar-refractivity contribution < 1.29 is 4.79 Å².